The highest BCUT2D eigenvalue weighted by Crippen LogP contribution is 2.44. The monoisotopic (exact) mass is 464 g/mol. The molecule has 0 saturated heterocycles. The molecule has 1 aliphatic rings. The number of aliphatic hydroxyl groups is 1. The number of ether oxygens (including phenoxy) is 1. The molecule has 180 valence electrons. The summed E-state index contributed by atoms with van der Waals surface area (Å²) >= 11 is 0. The van der Waals surface area contributed by atoms with Gasteiger partial charge in [0.25, 0.3) is 0 Å². The van der Waals surface area contributed by atoms with Crippen LogP contribution in [0, 0.1) is 0 Å². The molecule has 1 aliphatic carbocycles. The number of benzene rings is 2. The Morgan fingerprint density at radius 2 is 1.38 bits per heavy atom. The second kappa shape index (κ2) is 8.75. The third kappa shape index (κ3) is 4.49. The quantitative estimate of drug-likeness (QED) is 0.466. The first-order valence-electron chi connectivity index (χ1n) is 11.2. The van der Waals surface area contributed by atoms with Crippen LogP contribution in [0.2, 0.25) is 0 Å². The van der Waals surface area contributed by atoms with Crippen molar-refractivity contribution in [2.75, 3.05) is 7.11 Å². The van der Waals surface area contributed by atoms with Crippen molar-refractivity contribution in [2.24, 2.45) is 0 Å². The van der Waals surface area contributed by atoms with Crippen LogP contribution >= 0.6 is 0 Å². The summed E-state index contributed by atoms with van der Waals surface area (Å²) in [6.45, 7) is 11.7. The van der Waals surface area contributed by atoms with Gasteiger partial charge in [0.2, 0.25) is 11.6 Å². The minimum absolute atomic E-state index is 0.127. The van der Waals surface area contributed by atoms with Crippen LogP contribution in [0.15, 0.2) is 42.0 Å². The van der Waals surface area contributed by atoms with E-state index in [2.05, 4.69) is 0 Å². The number of aliphatic hydroxyl groups excluding tert-OH is 1. The number of Topliss-reactive ketones (excluding diaryl/α,β-unsaturated/α-hetero) is 2. The van der Waals surface area contributed by atoms with Crippen molar-refractivity contribution in [1.82, 2.24) is 0 Å². The van der Waals surface area contributed by atoms with Gasteiger partial charge in [0, 0.05) is 17.0 Å². The van der Waals surface area contributed by atoms with Gasteiger partial charge in [-0.25, -0.2) is 0 Å². The molecule has 1 atom stereocenters. The zero-order valence-corrected chi connectivity index (χ0v) is 20.8. The number of phenols is 1. The minimum Gasteiger partial charge on any atom is -0.507 e. The zero-order chi connectivity index (χ0) is 25.6. The molecule has 6 nitrogen and oxygen atoms in total. The number of carbonyl (C=O) groups is 3. The molecule has 0 heterocycles. The Morgan fingerprint density at radius 3 is 1.85 bits per heavy atom. The second-order valence-electron chi connectivity index (χ2n) is 10.8. The molecule has 0 bridgehead atoms. The highest BCUT2D eigenvalue weighted by Gasteiger charge is 2.39. The zero-order valence-electron chi connectivity index (χ0n) is 20.8. The van der Waals surface area contributed by atoms with Gasteiger partial charge in [-0.05, 0) is 27.5 Å². The molecular formula is C28H32O6. The molecule has 6 heteroatoms. The van der Waals surface area contributed by atoms with E-state index in [-0.39, 0.29) is 34.6 Å². The standard InChI is InChI=1S/C28H32O6/c1-27(2,3)19-12-15(13-20(25(19)32)28(4,5)6)18(14-21(29)34-7)22-23(30)16-10-8-9-11-17(16)24(31)26(22)33/h8-13,18,30,32H,14H2,1-7H3. The van der Waals surface area contributed by atoms with E-state index in [9.17, 15) is 24.6 Å². The Labute approximate surface area is 200 Å². The summed E-state index contributed by atoms with van der Waals surface area (Å²) in [6.07, 6.45) is -0.255. The fraction of sp³-hybridized carbons (Fsp3) is 0.393. The molecule has 0 spiro atoms. The topological polar surface area (TPSA) is 101 Å². The molecule has 34 heavy (non-hydrogen) atoms. The summed E-state index contributed by atoms with van der Waals surface area (Å²) in [4.78, 5) is 38.6. The average Bonchev–Trinajstić information content (AvgIpc) is 2.75. The first-order valence-corrected chi connectivity index (χ1v) is 11.2. The fourth-order valence-corrected chi connectivity index (χ4v) is 4.35. The average molecular weight is 465 g/mol. The van der Waals surface area contributed by atoms with Gasteiger partial charge in [-0.15, -0.1) is 0 Å². The van der Waals surface area contributed by atoms with Crippen LogP contribution in [-0.4, -0.2) is 34.9 Å². The summed E-state index contributed by atoms with van der Waals surface area (Å²) in [5.74, 6) is -3.30. The molecule has 0 aromatic heterocycles. The van der Waals surface area contributed by atoms with E-state index < -0.39 is 34.3 Å². The van der Waals surface area contributed by atoms with Crippen LogP contribution in [0.4, 0.5) is 0 Å². The normalized spacial score (nSPS) is 15.3. The SMILES string of the molecule is COC(=O)CC(C1=C(O)c2ccccc2C(=O)C1=O)c1cc(C(C)(C)C)c(O)c(C(C)(C)C)c1. The number of esters is 1. The summed E-state index contributed by atoms with van der Waals surface area (Å²) in [6, 6.07) is 9.85. The maximum absolute atomic E-state index is 13.2. The smallest absolute Gasteiger partial charge is 0.306 e. The van der Waals surface area contributed by atoms with Crippen molar-refractivity contribution >= 4 is 23.3 Å². The van der Waals surface area contributed by atoms with Gasteiger partial charge in [0.15, 0.2) is 0 Å². The number of ketones is 2. The van der Waals surface area contributed by atoms with Gasteiger partial charge in [-0.2, -0.15) is 0 Å². The van der Waals surface area contributed by atoms with Crippen LogP contribution in [0.1, 0.15) is 86.5 Å². The molecule has 1 unspecified atom stereocenters. The maximum Gasteiger partial charge on any atom is 0.306 e. The number of methoxy groups -OCH3 is 1. The largest absolute Gasteiger partial charge is 0.507 e. The van der Waals surface area contributed by atoms with Crippen molar-refractivity contribution in [3.8, 4) is 5.75 Å². The molecule has 0 saturated carbocycles. The number of rotatable bonds is 4. The predicted molar refractivity (Wildman–Crippen MR) is 130 cm³/mol. The summed E-state index contributed by atoms with van der Waals surface area (Å²) in [7, 11) is 1.24. The van der Waals surface area contributed by atoms with E-state index in [0.717, 1.165) is 0 Å². The van der Waals surface area contributed by atoms with E-state index >= 15 is 0 Å². The van der Waals surface area contributed by atoms with Gasteiger partial charge in [0.05, 0.1) is 19.1 Å². The number of phenolic OH excluding ortho intramolecular Hbond substituents is 1. The Kier molecular flexibility index (Phi) is 6.49. The lowest BCUT2D eigenvalue weighted by atomic mass is 9.73. The molecule has 2 aromatic carbocycles. The maximum atomic E-state index is 13.2. The predicted octanol–water partition coefficient (Wildman–Crippen LogP) is 5.37. The fourth-order valence-electron chi connectivity index (χ4n) is 4.35. The molecule has 0 aliphatic heterocycles. The summed E-state index contributed by atoms with van der Waals surface area (Å²) in [5.41, 5.74) is 1.15. The first kappa shape index (κ1) is 25.2. The van der Waals surface area contributed by atoms with Crippen molar-refractivity contribution in [1.29, 1.82) is 0 Å². The van der Waals surface area contributed by atoms with E-state index in [4.69, 9.17) is 4.74 Å². The molecular weight excluding hydrogens is 432 g/mol. The number of fused-ring (bicyclic) bond motifs is 1. The second-order valence-corrected chi connectivity index (χ2v) is 10.8. The third-order valence-corrected chi connectivity index (χ3v) is 6.23. The molecule has 0 radical (unpaired) electrons. The van der Waals surface area contributed by atoms with Gasteiger partial charge in [-0.1, -0.05) is 77.9 Å². The van der Waals surface area contributed by atoms with Crippen LogP contribution in [0.3, 0.4) is 0 Å². The summed E-state index contributed by atoms with van der Waals surface area (Å²) in [5, 5.41) is 22.3. The Bertz CT molecular complexity index is 1170. The lowest BCUT2D eigenvalue weighted by Crippen LogP contribution is -2.29. The van der Waals surface area contributed by atoms with Crippen molar-refractivity contribution in [3.05, 3.63) is 69.8 Å². The van der Waals surface area contributed by atoms with E-state index in [0.29, 0.717) is 16.7 Å². The van der Waals surface area contributed by atoms with Crippen LogP contribution in [0.25, 0.3) is 5.76 Å². The van der Waals surface area contributed by atoms with E-state index in [1.807, 2.05) is 41.5 Å². The Morgan fingerprint density at radius 1 is 0.882 bits per heavy atom. The van der Waals surface area contributed by atoms with Crippen LogP contribution in [-0.2, 0) is 25.2 Å². The van der Waals surface area contributed by atoms with Gasteiger partial charge in [-0.3, -0.25) is 14.4 Å². The molecule has 0 amide bonds. The van der Waals surface area contributed by atoms with Crippen molar-refractivity contribution in [2.45, 2.75) is 64.7 Å². The Balaban J connectivity index is 2.37. The lowest BCUT2D eigenvalue weighted by Gasteiger charge is -2.31. The van der Waals surface area contributed by atoms with Crippen LogP contribution in [0.5, 0.6) is 5.75 Å². The van der Waals surface area contributed by atoms with Gasteiger partial charge >= 0.3 is 5.97 Å². The highest BCUT2D eigenvalue weighted by molar-refractivity contribution is 6.52. The highest BCUT2D eigenvalue weighted by atomic mass is 16.5. The number of hydrogen-bond donors (Lipinski definition) is 2. The lowest BCUT2D eigenvalue weighted by molar-refractivity contribution is -0.140. The number of allylic oxidation sites excluding steroid dienone is 1. The van der Waals surface area contributed by atoms with Gasteiger partial charge < -0.3 is 14.9 Å². The first-order chi connectivity index (χ1) is 15.7. The number of carbonyl (C=O) groups excluding carboxylic acids is 3. The van der Waals surface area contributed by atoms with Crippen molar-refractivity contribution in [3.63, 3.8) is 0 Å². The summed E-state index contributed by atoms with van der Waals surface area (Å²) < 4.78 is 4.89. The third-order valence-electron chi connectivity index (χ3n) is 6.23. The molecule has 2 N–H and O–H groups in total. The van der Waals surface area contributed by atoms with E-state index in [1.165, 1.54) is 13.2 Å². The molecule has 3 rings (SSSR count). The Hall–Kier alpha value is -3.41. The number of hydrogen-bond acceptors (Lipinski definition) is 6. The molecule has 0 fully saturated rings. The van der Waals surface area contributed by atoms with Gasteiger partial charge in [0.1, 0.15) is 11.5 Å². The van der Waals surface area contributed by atoms with Crippen molar-refractivity contribution < 1.29 is 29.3 Å². The van der Waals surface area contributed by atoms with Crippen LogP contribution < -0.4 is 0 Å². The van der Waals surface area contributed by atoms with E-state index in [1.54, 1.807) is 30.3 Å². The number of aromatic hydroxyl groups is 1. The minimum atomic E-state index is -0.944. The molecule has 2 aromatic rings.